The van der Waals surface area contributed by atoms with Crippen LogP contribution in [0.15, 0.2) is 77.4 Å². The van der Waals surface area contributed by atoms with Crippen molar-refractivity contribution in [1.82, 2.24) is 0 Å². The fourth-order valence-corrected chi connectivity index (χ4v) is 10.4. The number of halogens is 2. The Balaban J connectivity index is 0.00000173. The molecule has 4 aliphatic rings. The monoisotopic (exact) mass is 756 g/mol. The standard InChI is InChI=1S/C45H56.2ClH.Zr/c1-27-21-35-32(25-38(27)43(6,7)8)33-26-39(44(9,10)11)28(2)22-36(33)41(35)45(29-17-13-12-14-18-29)37-20-16-15-19-31(37)34-23-30(24-40(34)45)42(3,4)5;;;/h12-14,17-18,21-22,24-26,31,37,41H,15-16,19-20,23H2,1-11H3;2*1H;/q;;;+2/p-2. The van der Waals surface area contributed by atoms with E-state index < -0.39 is 0 Å². The first kappa shape index (κ1) is 39.4. The Bertz CT molecular complexity index is 1690. The van der Waals surface area contributed by atoms with E-state index in [0.29, 0.717) is 17.8 Å². The molecular formula is C45H56Cl2Zr. The van der Waals surface area contributed by atoms with E-state index in [-0.39, 0.29) is 72.7 Å². The van der Waals surface area contributed by atoms with Crippen molar-refractivity contribution in [3.05, 3.63) is 116 Å². The third-order valence-electron chi connectivity index (χ3n) is 12.3. The molecule has 0 radical (unpaired) electrons. The van der Waals surface area contributed by atoms with E-state index in [1.807, 2.05) is 0 Å². The number of rotatable bonds is 2. The van der Waals surface area contributed by atoms with Gasteiger partial charge in [0.2, 0.25) is 0 Å². The molecule has 0 N–H and O–H groups in total. The van der Waals surface area contributed by atoms with Crippen LogP contribution in [-0.4, -0.2) is 0 Å². The van der Waals surface area contributed by atoms with Crippen LogP contribution >= 0.6 is 0 Å². The molecular weight excluding hydrogens is 703 g/mol. The first-order valence-electron chi connectivity index (χ1n) is 17.8. The second-order valence-corrected chi connectivity index (χ2v) is 18.2. The molecule has 1 saturated carbocycles. The summed E-state index contributed by atoms with van der Waals surface area (Å²) >= 11 is 0. The number of benzene rings is 3. The van der Waals surface area contributed by atoms with E-state index >= 15 is 0 Å². The molecule has 0 spiro atoms. The SMILES string of the molecule is Cc1cc2c(cc1C(C)(C)C)-c1cc(C(C)(C)C)c(C)cc1C2C1(c2ccccc2)C2=C(CC(C(C)(C)C)=C2)C2CCCCC21.[Cl-].[Cl-].[Zr+2]. The van der Waals surface area contributed by atoms with Crippen LogP contribution in [-0.2, 0) is 42.4 Å². The Labute approximate surface area is 324 Å². The quantitative estimate of drug-likeness (QED) is 0.282. The van der Waals surface area contributed by atoms with E-state index in [1.54, 1.807) is 27.8 Å². The fraction of sp³-hybridized carbons (Fsp3) is 0.511. The molecule has 0 saturated heterocycles. The summed E-state index contributed by atoms with van der Waals surface area (Å²) in [7, 11) is 0. The molecule has 3 unspecified atom stereocenters. The zero-order valence-electron chi connectivity index (χ0n) is 31.3. The van der Waals surface area contributed by atoms with Gasteiger partial charge in [-0.3, -0.25) is 0 Å². The average Bonchev–Trinajstić information content (AvgIpc) is 3.60. The number of allylic oxidation sites excluding steroid dienone is 4. The summed E-state index contributed by atoms with van der Waals surface area (Å²) in [6, 6.07) is 22.3. The van der Waals surface area contributed by atoms with Crippen LogP contribution in [0.4, 0.5) is 0 Å². The fourth-order valence-electron chi connectivity index (χ4n) is 10.4. The summed E-state index contributed by atoms with van der Waals surface area (Å²) in [4.78, 5) is 0. The molecule has 0 aromatic heterocycles. The van der Waals surface area contributed by atoms with Gasteiger partial charge in [-0.1, -0.05) is 147 Å². The summed E-state index contributed by atoms with van der Waals surface area (Å²) < 4.78 is 0. The average molecular weight is 759 g/mol. The third-order valence-corrected chi connectivity index (χ3v) is 12.3. The Hall–Kier alpha value is -1.40. The van der Waals surface area contributed by atoms with Crippen LogP contribution in [0.1, 0.15) is 139 Å². The molecule has 4 aliphatic carbocycles. The maximum Gasteiger partial charge on any atom is 2.00 e. The molecule has 0 heterocycles. The number of hydrogen-bond acceptors (Lipinski definition) is 0. The van der Waals surface area contributed by atoms with E-state index in [9.17, 15) is 0 Å². The molecule has 0 nitrogen and oxygen atoms in total. The van der Waals surface area contributed by atoms with Crippen LogP contribution in [0.25, 0.3) is 11.1 Å². The van der Waals surface area contributed by atoms with Gasteiger partial charge in [0.15, 0.2) is 0 Å². The van der Waals surface area contributed by atoms with E-state index in [0.717, 1.165) is 0 Å². The smallest absolute Gasteiger partial charge is 1.00 e. The number of aryl methyl sites for hydroxylation is 2. The van der Waals surface area contributed by atoms with Crippen molar-refractivity contribution < 1.29 is 51.0 Å². The topological polar surface area (TPSA) is 0 Å². The van der Waals surface area contributed by atoms with Crippen molar-refractivity contribution >= 4 is 0 Å². The summed E-state index contributed by atoms with van der Waals surface area (Å²) in [5, 5.41) is 0. The van der Waals surface area contributed by atoms with Crippen molar-refractivity contribution in [2.75, 3.05) is 0 Å². The van der Waals surface area contributed by atoms with Gasteiger partial charge in [0.25, 0.3) is 0 Å². The van der Waals surface area contributed by atoms with Crippen LogP contribution in [0.2, 0.25) is 0 Å². The van der Waals surface area contributed by atoms with Gasteiger partial charge >= 0.3 is 26.2 Å². The molecule has 0 aliphatic heterocycles. The van der Waals surface area contributed by atoms with Crippen LogP contribution in [0, 0.1) is 31.1 Å². The molecule has 0 amide bonds. The second-order valence-electron chi connectivity index (χ2n) is 18.2. The Morgan fingerprint density at radius 2 is 1.15 bits per heavy atom. The van der Waals surface area contributed by atoms with Crippen LogP contribution in [0.3, 0.4) is 0 Å². The normalized spacial score (nSPS) is 23.3. The second kappa shape index (κ2) is 13.3. The van der Waals surface area contributed by atoms with Gasteiger partial charge in [0.05, 0.1) is 0 Å². The molecule has 3 heteroatoms. The van der Waals surface area contributed by atoms with Crippen molar-refractivity contribution in [1.29, 1.82) is 0 Å². The summed E-state index contributed by atoms with van der Waals surface area (Å²) in [6.07, 6.45) is 9.29. The summed E-state index contributed by atoms with van der Waals surface area (Å²) in [5.41, 5.74) is 18.9. The predicted molar refractivity (Wildman–Crippen MR) is 193 cm³/mol. The summed E-state index contributed by atoms with van der Waals surface area (Å²) in [6.45, 7) is 26.3. The predicted octanol–water partition coefficient (Wildman–Crippen LogP) is 6.45. The van der Waals surface area contributed by atoms with E-state index in [4.69, 9.17) is 0 Å². The van der Waals surface area contributed by atoms with Crippen molar-refractivity contribution in [3.63, 3.8) is 0 Å². The van der Waals surface area contributed by atoms with E-state index in [1.165, 1.54) is 71.0 Å². The molecule has 0 bridgehead atoms. The largest absolute Gasteiger partial charge is 2.00 e. The molecule has 3 aromatic rings. The molecule has 254 valence electrons. The van der Waals surface area contributed by atoms with Gasteiger partial charge in [-0.25, -0.2) is 0 Å². The van der Waals surface area contributed by atoms with Gasteiger partial charge in [-0.15, -0.1) is 0 Å². The Kier molecular flexibility index (Phi) is 10.9. The molecule has 3 atom stereocenters. The minimum Gasteiger partial charge on any atom is -1.00 e. The Morgan fingerprint density at radius 1 is 0.646 bits per heavy atom. The van der Waals surface area contributed by atoms with Crippen molar-refractivity contribution in [3.8, 4) is 11.1 Å². The van der Waals surface area contributed by atoms with Gasteiger partial charge in [-0.2, -0.15) is 0 Å². The molecule has 1 fully saturated rings. The maximum absolute atomic E-state index is 2.73. The van der Waals surface area contributed by atoms with Crippen molar-refractivity contribution in [2.45, 2.75) is 130 Å². The zero-order valence-corrected chi connectivity index (χ0v) is 35.3. The Morgan fingerprint density at radius 3 is 1.62 bits per heavy atom. The first-order valence-corrected chi connectivity index (χ1v) is 17.8. The van der Waals surface area contributed by atoms with Gasteiger partial charge in [0.1, 0.15) is 0 Å². The van der Waals surface area contributed by atoms with Crippen molar-refractivity contribution in [2.24, 2.45) is 17.3 Å². The maximum atomic E-state index is 2.73. The van der Waals surface area contributed by atoms with Gasteiger partial charge in [0, 0.05) is 11.3 Å². The zero-order chi connectivity index (χ0) is 32.3. The third kappa shape index (κ3) is 5.93. The minimum atomic E-state index is -0.0694. The molecule has 48 heavy (non-hydrogen) atoms. The summed E-state index contributed by atoms with van der Waals surface area (Å²) in [5.74, 6) is 1.62. The van der Waals surface area contributed by atoms with Gasteiger partial charge in [-0.05, 0) is 117 Å². The number of fused-ring (bicyclic) bond motifs is 5. The molecule has 7 rings (SSSR count). The van der Waals surface area contributed by atoms with Crippen LogP contribution < -0.4 is 24.8 Å². The van der Waals surface area contributed by atoms with Crippen LogP contribution in [0.5, 0.6) is 0 Å². The van der Waals surface area contributed by atoms with E-state index in [2.05, 4.69) is 137 Å². The first-order chi connectivity index (χ1) is 21.0. The minimum absolute atomic E-state index is 0. The van der Waals surface area contributed by atoms with Gasteiger partial charge < -0.3 is 24.8 Å². The molecule has 3 aromatic carbocycles. The number of hydrogen-bond donors (Lipinski definition) is 0.